The second-order valence-electron chi connectivity index (χ2n) is 7.51. The average molecular weight is 552 g/mol. The van der Waals surface area contributed by atoms with Crippen LogP contribution in [-0.2, 0) is 28.9 Å². The smallest absolute Gasteiger partial charge is 0.288 e. The largest absolute Gasteiger partial charge is 0.419 e. The fourth-order valence-electron chi connectivity index (χ4n) is 3.38. The number of pyridine rings is 1. The highest BCUT2D eigenvalue weighted by molar-refractivity contribution is 7.92. The molecule has 14 heteroatoms. The van der Waals surface area contributed by atoms with Gasteiger partial charge in [0.1, 0.15) is 11.5 Å². The molecule has 0 unspecified atom stereocenters. The fraction of sp³-hybridized carbons (Fsp3) is 0.136. The molecule has 5 nitrogen and oxygen atoms in total. The Hall–Kier alpha value is -3.32. The third kappa shape index (κ3) is 4.85. The molecule has 36 heavy (non-hydrogen) atoms. The number of alkyl halides is 6. The Balaban J connectivity index is 1.90. The number of aromatic nitrogens is 2. The molecule has 0 radical (unpaired) electrons. The van der Waals surface area contributed by atoms with Crippen molar-refractivity contribution in [3.05, 3.63) is 94.5 Å². The summed E-state index contributed by atoms with van der Waals surface area (Å²) in [5, 5.41) is -0.534. The van der Waals surface area contributed by atoms with Crippen LogP contribution in [0.3, 0.4) is 0 Å². The second-order valence-corrected chi connectivity index (χ2v) is 9.73. The number of hydrogen-bond donors (Lipinski definition) is 0. The molecule has 0 amide bonds. The summed E-state index contributed by atoms with van der Waals surface area (Å²) < 4.78 is 121. The summed E-state index contributed by atoms with van der Waals surface area (Å²) >= 11 is 6.25. The minimum absolute atomic E-state index is 0.147. The highest BCUT2D eigenvalue weighted by Gasteiger charge is 2.36. The minimum Gasteiger partial charge on any atom is -0.288 e. The molecular formula is C22H13ClF7N3O2S. The summed E-state index contributed by atoms with van der Waals surface area (Å²) in [5.41, 5.74) is -3.13. The summed E-state index contributed by atoms with van der Waals surface area (Å²) in [6.45, 7) is -0.781. The van der Waals surface area contributed by atoms with Gasteiger partial charge in [0.25, 0.3) is 10.0 Å². The Labute approximate surface area is 204 Å². The molecule has 0 N–H and O–H groups in total. The number of benzene rings is 2. The van der Waals surface area contributed by atoms with Gasteiger partial charge in [0.05, 0.1) is 22.6 Å². The van der Waals surface area contributed by atoms with Crippen molar-refractivity contribution < 1.29 is 39.2 Å². The van der Waals surface area contributed by atoms with Gasteiger partial charge in [-0.25, -0.2) is 22.1 Å². The van der Waals surface area contributed by atoms with E-state index in [9.17, 15) is 39.2 Å². The van der Waals surface area contributed by atoms with Crippen LogP contribution in [0, 0.1) is 5.82 Å². The number of halogens is 8. The first-order valence-electron chi connectivity index (χ1n) is 9.88. The molecule has 0 saturated heterocycles. The van der Waals surface area contributed by atoms with Gasteiger partial charge >= 0.3 is 12.4 Å². The highest BCUT2D eigenvalue weighted by Crippen LogP contribution is 2.36. The molecule has 4 rings (SSSR count). The fourth-order valence-corrected chi connectivity index (χ4v) is 5.14. The number of nitrogens with zero attached hydrogens (tertiary/aromatic N) is 3. The van der Waals surface area contributed by atoms with Crippen LogP contribution in [0.1, 0.15) is 16.7 Å². The lowest BCUT2D eigenvalue weighted by Gasteiger charge is -2.23. The van der Waals surface area contributed by atoms with Crippen LogP contribution in [0.2, 0.25) is 5.15 Å². The van der Waals surface area contributed by atoms with Gasteiger partial charge in [-0.3, -0.25) is 4.40 Å². The van der Waals surface area contributed by atoms with E-state index >= 15 is 0 Å². The number of imidazole rings is 1. The molecule has 0 fully saturated rings. The molecule has 2 aromatic heterocycles. The molecule has 2 aromatic carbocycles. The van der Waals surface area contributed by atoms with E-state index in [1.165, 1.54) is 30.3 Å². The van der Waals surface area contributed by atoms with Crippen LogP contribution < -0.4 is 4.31 Å². The number of fused-ring (bicyclic) bond motifs is 1. The quantitative estimate of drug-likeness (QED) is 0.264. The van der Waals surface area contributed by atoms with Gasteiger partial charge < -0.3 is 0 Å². The molecule has 0 atom stereocenters. The lowest BCUT2D eigenvalue weighted by molar-refractivity contribution is -0.140. The van der Waals surface area contributed by atoms with Crippen molar-refractivity contribution >= 4 is 33.1 Å². The Morgan fingerprint density at radius 3 is 2.19 bits per heavy atom. The SMILES string of the molecule is O=S(=O)(c1ccccc1)N(Cc1ccc(F)c(C(F)(F)F)c1)c1nc2ccc(C(F)(F)F)cn2c1Cl. The van der Waals surface area contributed by atoms with Crippen molar-refractivity contribution in [1.82, 2.24) is 9.38 Å². The normalized spacial score (nSPS) is 12.8. The molecule has 0 spiro atoms. The van der Waals surface area contributed by atoms with Gasteiger partial charge in [0.2, 0.25) is 0 Å². The van der Waals surface area contributed by atoms with E-state index in [-0.39, 0.29) is 16.1 Å². The maximum absolute atomic E-state index is 13.8. The predicted molar refractivity (Wildman–Crippen MR) is 116 cm³/mol. The zero-order valence-electron chi connectivity index (χ0n) is 17.6. The van der Waals surface area contributed by atoms with Crippen molar-refractivity contribution in [3.8, 4) is 0 Å². The van der Waals surface area contributed by atoms with Gasteiger partial charge in [0.15, 0.2) is 11.0 Å². The Kier molecular flexibility index (Phi) is 6.41. The standard InChI is InChI=1S/C22H13ClF7N3O2S/c23-19-20(31-18-9-7-14(12-32(18)19)21(25,26)27)33(36(34,35)15-4-2-1-3-5-15)11-13-6-8-17(24)16(10-13)22(28,29)30/h1-10,12H,11H2. The molecular weight excluding hydrogens is 539 g/mol. The first-order valence-corrected chi connectivity index (χ1v) is 11.7. The first kappa shape index (κ1) is 25.8. The monoisotopic (exact) mass is 551 g/mol. The lowest BCUT2D eigenvalue weighted by Crippen LogP contribution is -2.31. The lowest BCUT2D eigenvalue weighted by atomic mass is 10.1. The topological polar surface area (TPSA) is 54.7 Å². The van der Waals surface area contributed by atoms with E-state index in [1.54, 1.807) is 0 Å². The minimum atomic E-state index is -5.06. The summed E-state index contributed by atoms with van der Waals surface area (Å²) in [5.74, 6) is -2.09. The van der Waals surface area contributed by atoms with Crippen LogP contribution >= 0.6 is 11.6 Å². The van der Waals surface area contributed by atoms with Crippen molar-refractivity contribution in [2.45, 2.75) is 23.8 Å². The number of sulfonamides is 1. The van der Waals surface area contributed by atoms with E-state index in [4.69, 9.17) is 11.6 Å². The van der Waals surface area contributed by atoms with Crippen molar-refractivity contribution in [3.63, 3.8) is 0 Å². The predicted octanol–water partition coefficient (Wildman–Crippen LogP) is 6.56. The van der Waals surface area contributed by atoms with Crippen LogP contribution in [0.5, 0.6) is 0 Å². The van der Waals surface area contributed by atoms with E-state index in [0.717, 1.165) is 16.5 Å². The molecule has 0 aliphatic rings. The van der Waals surface area contributed by atoms with Crippen molar-refractivity contribution in [2.24, 2.45) is 0 Å². The average Bonchev–Trinajstić information content (AvgIpc) is 3.13. The van der Waals surface area contributed by atoms with Gasteiger partial charge in [-0.15, -0.1) is 0 Å². The molecule has 0 saturated carbocycles. The first-order chi connectivity index (χ1) is 16.7. The third-order valence-corrected chi connectivity index (χ3v) is 7.20. The van der Waals surface area contributed by atoms with Crippen LogP contribution in [0.4, 0.5) is 36.6 Å². The highest BCUT2D eigenvalue weighted by atomic mass is 35.5. The zero-order chi connectivity index (χ0) is 26.5. The maximum Gasteiger partial charge on any atom is 0.419 e. The summed E-state index contributed by atoms with van der Waals surface area (Å²) in [6, 6.07) is 10.3. The summed E-state index contributed by atoms with van der Waals surface area (Å²) in [4.78, 5) is 3.74. The van der Waals surface area contributed by atoms with E-state index < -0.39 is 56.8 Å². The molecule has 0 aliphatic heterocycles. The molecule has 2 heterocycles. The van der Waals surface area contributed by atoms with E-state index in [1.807, 2.05) is 0 Å². The van der Waals surface area contributed by atoms with Crippen LogP contribution in [0.25, 0.3) is 5.65 Å². The van der Waals surface area contributed by atoms with E-state index in [0.29, 0.717) is 28.7 Å². The number of anilines is 1. The Morgan fingerprint density at radius 2 is 1.58 bits per heavy atom. The second kappa shape index (κ2) is 8.96. The number of hydrogen-bond acceptors (Lipinski definition) is 3. The van der Waals surface area contributed by atoms with Crippen molar-refractivity contribution in [2.75, 3.05) is 4.31 Å². The van der Waals surface area contributed by atoms with E-state index in [2.05, 4.69) is 4.98 Å². The van der Waals surface area contributed by atoms with Gasteiger partial charge in [0, 0.05) is 6.20 Å². The third-order valence-electron chi connectivity index (χ3n) is 5.10. The molecule has 0 bridgehead atoms. The molecule has 0 aliphatic carbocycles. The van der Waals surface area contributed by atoms with Gasteiger partial charge in [-0.1, -0.05) is 35.9 Å². The van der Waals surface area contributed by atoms with Crippen molar-refractivity contribution in [1.29, 1.82) is 0 Å². The summed E-state index contributed by atoms with van der Waals surface area (Å²) in [7, 11) is -4.54. The molecule has 190 valence electrons. The maximum atomic E-state index is 13.8. The zero-order valence-corrected chi connectivity index (χ0v) is 19.2. The Bertz CT molecular complexity index is 1540. The molecule has 4 aromatic rings. The number of rotatable bonds is 5. The summed E-state index contributed by atoms with van der Waals surface area (Å²) in [6.07, 6.45) is -9.18. The van der Waals surface area contributed by atoms with Gasteiger partial charge in [-0.2, -0.15) is 26.3 Å². The van der Waals surface area contributed by atoms with Gasteiger partial charge in [-0.05, 0) is 42.0 Å². The Morgan fingerprint density at radius 1 is 0.917 bits per heavy atom. The van der Waals surface area contributed by atoms with Crippen LogP contribution in [0.15, 0.2) is 71.8 Å². The van der Waals surface area contributed by atoms with Crippen LogP contribution in [-0.4, -0.2) is 17.8 Å².